The molecule has 0 bridgehead atoms. The Balaban J connectivity index is 1.53. The molecule has 1 saturated carbocycles. The molecule has 1 aromatic carbocycles. The lowest BCUT2D eigenvalue weighted by molar-refractivity contribution is -0.121. The number of aromatic nitrogens is 2. The molecule has 0 aliphatic heterocycles. The van der Waals surface area contributed by atoms with Crippen molar-refractivity contribution in [3.8, 4) is 0 Å². The summed E-state index contributed by atoms with van der Waals surface area (Å²) < 4.78 is 1.98. The molecule has 1 heterocycles. The van der Waals surface area contributed by atoms with Gasteiger partial charge in [0, 0.05) is 24.0 Å². The van der Waals surface area contributed by atoms with Crippen LogP contribution in [0.5, 0.6) is 0 Å². The van der Waals surface area contributed by atoms with Gasteiger partial charge in [0.15, 0.2) is 0 Å². The molecule has 6 heteroatoms. The fraction of sp³-hybridized carbons (Fsp3) is 0.381. The second kappa shape index (κ2) is 8.66. The van der Waals surface area contributed by atoms with Crippen LogP contribution < -0.4 is 10.6 Å². The topological polar surface area (TPSA) is 76.0 Å². The van der Waals surface area contributed by atoms with Gasteiger partial charge in [0.25, 0.3) is 0 Å². The van der Waals surface area contributed by atoms with Crippen LogP contribution in [0.1, 0.15) is 43.4 Å². The minimum absolute atomic E-state index is 0.0681. The van der Waals surface area contributed by atoms with Crippen molar-refractivity contribution < 1.29 is 9.59 Å². The third-order valence-corrected chi connectivity index (χ3v) is 4.95. The molecule has 27 heavy (non-hydrogen) atoms. The van der Waals surface area contributed by atoms with Crippen LogP contribution in [0.2, 0.25) is 0 Å². The first-order valence-corrected chi connectivity index (χ1v) is 9.37. The van der Waals surface area contributed by atoms with E-state index in [4.69, 9.17) is 0 Å². The molecule has 2 amide bonds. The average Bonchev–Trinajstić information content (AvgIpc) is 3.07. The summed E-state index contributed by atoms with van der Waals surface area (Å²) in [7, 11) is 0. The first-order chi connectivity index (χ1) is 13.0. The molecule has 1 unspecified atom stereocenters. The number of rotatable bonds is 8. The van der Waals surface area contributed by atoms with Crippen molar-refractivity contribution in [1.29, 1.82) is 0 Å². The van der Waals surface area contributed by atoms with Crippen molar-refractivity contribution in [2.75, 3.05) is 5.32 Å². The number of amides is 2. The Bertz CT molecular complexity index is 823. The monoisotopic (exact) mass is 366 g/mol. The van der Waals surface area contributed by atoms with Crippen LogP contribution in [0.25, 0.3) is 0 Å². The fourth-order valence-corrected chi connectivity index (χ4v) is 3.16. The van der Waals surface area contributed by atoms with Gasteiger partial charge in [-0.05, 0) is 49.5 Å². The van der Waals surface area contributed by atoms with Gasteiger partial charge in [-0.1, -0.05) is 25.1 Å². The van der Waals surface area contributed by atoms with Crippen molar-refractivity contribution in [3.05, 3.63) is 60.4 Å². The summed E-state index contributed by atoms with van der Waals surface area (Å²) in [6.45, 7) is 6.36. The lowest BCUT2D eigenvalue weighted by atomic mass is 9.85. The van der Waals surface area contributed by atoms with Gasteiger partial charge in [-0.15, -0.1) is 0 Å². The molecule has 142 valence electrons. The summed E-state index contributed by atoms with van der Waals surface area (Å²) in [6, 6.07) is 7.15. The summed E-state index contributed by atoms with van der Waals surface area (Å²) in [5.41, 5.74) is 2.49. The normalized spacial score (nSPS) is 14.9. The van der Waals surface area contributed by atoms with E-state index in [1.807, 2.05) is 36.1 Å². The molecule has 0 radical (unpaired) electrons. The minimum Gasteiger partial charge on any atom is -0.349 e. The summed E-state index contributed by atoms with van der Waals surface area (Å²) in [5, 5.41) is 10.1. The van der Waals surface area contributed by atoms with Gasteiger partial charge in [0.2, 0.25) is 11.8 Å². The largest absolute Gasteiger partial charge is 0.349 e. The van der Waals surface area contributed by atoms with Crippen LogP contribution in [-0.2, 0) is 22.6 Å². The maximum atomic E-state index is 12.4. The smallest absolute Gasteiger partial charge is 0.247 e. The number of nitrogens with one attached hydrogen (secondary N) is 2. The Hall–Kier alpha value is -2.89. The first-order valence-electron chi connectivity index (χ1n) is 9.37. The standard InChI is InChI=1S/C21H26N4O2/c1-3-20(26)24-19-9-5-8-17(10-19)11-21(27)23-15(2)18-12-22-25(14-18)13-16-6-4-7-16/h3,5,8-10,12,14-16H,1,4,6-7,11,13H2,2H3,(H,23,27)(H,24,26). The van der Waals surface area contributed by atoms with Gasteiger partial charge in [-0.25, -0.2) is 0 Å². The molecule has 2 aromatic rings. The highest BCUT2D eigenvalue weighted by molar-refractivity contribution is 5.98. The third kappa shape index (κ3) is 5.29. The molecule has 1 fully saturated rings. The van der Waals surface area contributed by atoms with Crippen LogP contribution in [0.3, 0.4) is 0 Å². The van der Waals surface area contributed by atoms with Crippen molar-refractivity contribution in [2.24, 2.45) is 5.92 Å². The van der Waals surface area contributed by atoms with Gasteiger partial charge >= 0.3 is 0 Å². The predicted octanol–water partition coefficient (Wildman–Crippen LogP) is 3.23. The Morgan fingerprint density at radius 1 is 1.41 bits per heavy atom. The Morgan fingerprint density at radius 3 is 2.93 bits per heavy atom. The van der Waals surface area contributed by atoms with Crippen molar-refractivity contribution in [3.63, 3.8) is 0 Å². The zero-order valence-corrected chi connectivity index (χ0v) is 15.6. The highest BCUT2D eigenvalue weighted by Gasteiger charge is 2.19. The van der Waals surface area contributed by atoms with E-state index in [2.05, 4.69) is 22.3 Å². The number of carbonyl (C=O) groups excluding carboxylic acids is 2. The Labute approximate surface area is 159 Å². The van der Waals surface area contributed by atoms with Gasteiger partial charge in [-0.3, -0.25) is 14.3 Å². The maximum absolute atomic E-state index is 12.4. The van der Waals surface area contributed by atoms with Gasteiger partial charge in [0.05, 0.1) is 18.7 Å². The van der Waals surface area contributed by atoms with Crippen LogP contribution in [0.15, 0.2) is 49.3 Å². The van der Waals surface area contributed by atoms with E-state index < -0.39 is 0 Å². The predicted molar refractivity (Wildman–Crippen MR) is 105 cm³/mol. The number of nitrogens with zero attached hydrogens (tertiary/aromatic N) is 2. The van der Waals surface area contributed by atoms with Crippen LogP contribution >= 0.6 is 0 Å². The molecule has 1 aliphatic carbocycles. The lowest BCUT2D eigenvalue weighted by Crippen LogP contribution is -2.28. The summed E-state index contributed by atoms with van der Waals surface area (Å²) in [6.07, 6.45) is 9.21. The van der Waals surface area contributed by atoms with E-state index in [0.717, 1.165) is 23.6 Å². The minimum atomic E-state index is -0.274. The molecule has 2 N–H and O–H groups in total. The number of hydrogen-bond donors (Lipinski definition) is 2. The SMILES string of the molecule is C=CC(=O)Nc1cccc(CC(=O)NC(C)c2cnn(CC3CCC3)c2)c1. The molecule has 0 spiro atoms. The van der Waals surface area contributed by atoms with E-state index in [1.165, 1.54) is 25.3 Å². The van der Waals surface area contributed by atoms with Crippen molar-refractivity contribution in [1.82, 2.24) is 15.1 Å². The average molecular weight is 366 g/mol. The molecule has 0 saturated heterocycles. The fourth-order valence-electron chi connectivity index (χ4n) is 3.16. The quantitative estimate of drug-likeness (QED) is 0.704. The summed E-state index contributed by atoms with van der Waals surface area (Å²) >= 11 is 0. The van der Waals surface area contributed by atoms with E-state index in [-0.39, 0.29) is 24.3 Å². The van der Waals surface area contributed by atoms with E-state index in [0.29, 0.717) is 5.69 Å². The molecule has 1 atom stereocenters. The second-order valence-corrected chi connectivity index (χ2v) is 7.15. The molecule has 6 nitrogen and oxygen atoms in total. The van der Waals surface area contributed by atoms with Crippen LogP contribution in [0.4, 0.5) is 5.69 Å². The van der Waals surface area contributed by atoms with E-state index >= 15 is 0 Å². The van der Waals surface area contributed by atoms with Gasteiger partial charge < -0.3 is 10.6 Å². The number of hydrogen-bond acceptors (Lipinski definition) is 3. The van der Waals surface area contributed by atoms with Gasteiger partial charge in [-0.2, -0.15) is 5.10 Å². The van der Waals surface area contributed by atoms with E-state index in [1.54, 1.807) is 12.1 Å². The molecule has 1 aromatic heterocycles. The van der Waals surface area contributed by atoms with E-state index in [9.17, 15) is 9.59 Å². The summed E-state index contributed by atoms with van der Waals surface area (Å²) in [4.78, 5) is 23.8. The number of anilines is 1. The first kappa shape index (κ1) is 18.9. The van der Waals surface area contributed by atoms with Crippen molar-refractivity contribution in [2.45, 2.75) is 45.2 Å². The third-order valence-electron chi connectivity index (χ3n) is 4.95. The Morgan fingerprint density at radius 2 is 2.22 bits per heavy atom. The van der Waals surface area contributed by atoms with Gasteiger partial charge in [0.1, 0.15) is 0 Å². The summed E-state index contributed by atoms with van der Waals surface area (Å²) in [5.74, 6) is 0.405. The Kier molecular flexibility index (Phi) is 6.06. The zero-order chi connectivity index (χ0) is 19.2. The molecular formula is C21H26N4O2. The highest BCUT2D eigenvalue weighted by Crippen LogP contribution is 2.27. The zero-order valence-electron chi connectivity index (χ0n) is 15.6. The maximum Gasteiger partial charge on any atom is 0.247 e. The molecular weight excluding hydrogens is 340 g/mol. The second-order valence-electron chi connectivity index (χ2n) is 7.15. The highest BCUT2D eigenvalue weighted by atomic mass is 16.2. The number of benzene rings is 1. The molecule has 3 rings (SSSR count). The number of carbonyl (C=O) groups is 2. The van der Waals surface area contributed by atoms with Crippen LogP contribution in [-0.4, -0.2) is 21.6 Å². The lowest BCUT2D eigenvalue weighted by Gasteiger charge is -2.24. The molecule has 1 aliphatic rings. The van der Waals surface area contributed by atoms with Crippen LogP contribution in [0, 0.1) is 5.92 Å². The van der Waals surface area contributed by atoms with Crippen molar-refractivity contribution >= 4 is 17.5 Å².